The molecule has 0 radical (unpaired) electrons. The van der Waals surface area contributed by atoms with Crippen LogP contribution in [0.4, 0.5) is 5.69 Å². The molecule has 0 heterocycles. The van der Waals surface area contributed by atoms with Crippen molar-refractivity contribution in [1.29, 1.82) is 0 Å². The van der Waals surface area contributed by atoms with Crippen molar-refractivity contribution in [3.8, 4) is 0 Å². The van der Waals surface area contributed by atoms with Crippen LogP contribution in [0.1, 0.15) is 25.0 Å². The van der Waals surface area contributed by atoms with E-state index in [0.717, 1.165) is 16.8 Å². The summed E-state index contributed by atoms with van der Waals surface area (Å²) in [5, 5.41) is 2.96. The highest BCUT2D eigenvalue weighted by Crippen LogP contribution is 2.25. The number of nitrogens with one attached hydrogen (secondary N) is 1. The quantitative estimate of drug-likeness (QED) is 0.833. The van der Waals surface area contributed by atoms with Crippen LogP contribution in [0.25, 0.3) is 0 Å². The summed E-state index contributed by atoms with van der Waals surface area (Å²) >= 11 is 5.81. The van der Waals surface area contributed by atoms with Crippen molar-refractivity contribution in [1.82, 2.24) is 0 Å². The van der Waals surface area contributed by atoms with Gasteiger partial charge in [-0.15, -0.1) is 11.6 Å². The van der Waals surface area contributed by atoms with Gasteiger partial charge in [0.15, 0.2) is 0 Å². The van der Waals surface area contributed by atoms with Crippen LogP contribution < -0.4 is 5.32 Å². The molecule has 0 bridgehead atoms. The summed E-state index contributed by atoms with van der Waals surface area (Å²) < 4.78 is 0. The number of carbonyl (C=O) groups is 1. The van der Waals surface area contributed by atoms with Gasteiger partial charge in [-0.1, -0.05) is 42.5 Å². The van der Waals surface area contributed by atoms with Gasteiger partial charge in [-0.2, -0.15) is 0 Å². The van der Waals surface area contributed by atoms with Gasteiger partial charge in [0.2, 0.25) is 5.91 Å². The average molecular weight is 288 g/mol. The predicted octanol–water partition coefficient (Wildman–Crippen LogP) is 4.34. The van der Waals surface area contributed by atoms with Gasteiger partial charge in [0.25, 0.3) is 0 Å². The highest BCUT2D eigenvalue weighted by atomic mass is 35.5. The van der Waals surface area contributed by atoms with Crippen molar-refractivity contribution >= 4 is 23.2 Å². The van der Waals surface area contributed by atoms with Crippen LogP contribution in [-0.2, 0) is 16.1 Å². The Morgan fingerprint density at radius 1 is 1.10 bits per heavy atom. The second-order valence-corrected chi connectivity index (χ2v) is 5.55. The van der Waals surface area contributed by atoms with E-state index >= 15 is 0 Å². The molecule has 104 valence electrons. The highest BCUT2D eigenvalue weighted by molar-refractivity contribution is 6.17. The van der Waals surface area contributed by atoms with Crippen LogP contribution in [0.5, 0.6) is 0 Å². The molecule has 0 spiro atoms. The van der Waals surface area contributed by atoms with Gasteiger partial charge in [-0.05, 0) is 37.1 Å². The average Bonchev–Trinajstić information content (AvgIpc) is 2.48. The summed E-state index contributed by atoms with van der Waals surface area (Å²) in [6.45, 7) is 3.84. The molecule has 0 aliphatic heterocycles. The Balaban J connectivity index is 2.19. The Hall–Kier alpha value is -1.80. The van der Waals surface area contributed by atoms with Gasteiger partial charge in [0.1, 0.15) is 0 Å². The Morgan fingerprint density at radius 2 is 1.80 bits per heavy atom. The molecule has 2 rings (SSSR count). The fourth-order valence-electron chi connectivity index (χ4n) is 2.01. The maximum absolute atomic E-state index is 12.5. The van der Waals surface area contributed by atoms with E-state index in [1.54, 1.807) is 0 Å². The predicted molar refractivity (Wildman–Crippen MR) is 84.1 cm³/mol. The van der Waals surface area contributed by atoms with E-state index in [9.17, 15) is 4.79 Å². The maximum Gasteiger partial charge on any atom is 0.234 e. The molecule has 0 unspecified atom stereocenters. The smallest absolute Gasteiger partial charge is 0.234 e. The zero-order valence-electron chi connectivity index (χ0n) is 11.7. The zero-order chi connectivity index (χ0) is 14.6. The number of amides is 1. The first-order valence-corrected chi connectivity index (χ1v) is 7.09. The van der Waals surface area contributed by atoms with Gasteiger partial charge < -0.3 is 5.32 Å². The fourth-order valence-corrected chi connectivity index (χ4v) is 2.17. The number of halogens is 1. The summed E-state index contributed by atoms with van der Waals surface area (Å²) in [5.74, 6) is 0.404. The SMILES string of the molecule is CC(C)(C(=O)Nc1cccc(CCl)c1)c1ccccc1. The Labute approximate surface area is 124 Å². The normalized spacial score (nSPS) is 11.2. The van der Waals surface area contributed by atoms with Crippen LogP contribution in [0.3, 0.4) is 0 Å². The van der Waals surface area contributed by atoms with E-state index in [1.165, 1.54) is 0 Å². The molecule has 0 aromatic heterocycles. The van der Waals surface area contributed by atoms with E-state index in [1.807, 2.05) is 68.4 Å². The molecular formula is C17H18ClNO. The van der Waals surface area contributed by atoms with E-state index in [0.29, 0.717) is 5.88 Å². The minimum absolute atomic E-state index is 0.0320. The van der Waals surface area contributed by atoms with Crippen molar-refractivity contribution in [3.05, 3.63) is 65.7 Å². The number of hydrogen-bond acceptors (Lipinski definition) is 1. The number of alkyl halides is 1. The molecule has 2 aromatic rings. The highest BCUT2D eigenvalue weighted by Gasteiger charge is 2.29. The molecular weight excluding hydrogens is 270 g/mol. The lowest BCUT2D eigenvalue weighted by molar-refractivity contribution is -0.120. The maximum atomic E-state index is 12.5. The van der Waals surface area contributed by atoms with Crippen LogP contribution in [0.15, 0.2) is 54.6 Å². The Bertz CT molecular complexity index is 593. The lowest BCUT2D eigenvalue weighted by Gasteiger charge is -2.24. The van der Waals surface area contributed by atoms with Gasteiger partial charge in [-0.25, -0.2) is 0 Å². The van der Waals surface area contributed by atoms with Crippen LogP contribution in [-0.4, -0.2) is 5.91 Å². The minimum atomic E-state index is -0.585. The van der Waals surface area contributed by atoms with Crippen LogP contribution in [0, 0.1) is 0 Å². The van der Waals surface area contributed by atoms with Crippen molar-refractivity contribution in [2.45, 2.75) is 25.1 Å². The largest absolute Gasteiger partial charge is 0.325 e. The Morgan fingerprint density at radius 3 is 2.45 bits per heavy atom. The molecule has 0 fully saturated rings. The van der Waals surface area contributed by atoms with Gasteiger partial charge in [0.05, 0.1) is 5.41 Å². The summed E-state index contributed by atoms with van der Waals surface area (Å²) in [5.41, 5.74) is 2.17. The molecule has 0 saturated carbocycles. The summed E-state index contributed by atoms with van der Waals surface area (Å²) in [6, 6.07) is 17.4. The number of benzene rings is 2. The van der Waals surface area contributed by atoms with Crippen LogP contribution >= 0.6 is 11.6 Å². The van der Waals surface area contributed by atoms with Gasteiger partial charge >= 0.3 is 0 Å². The molecule has 1 amide bonds. The lowest BCUT2D eigenvalue weighted by Crippen LogP contribution is -2.34. The van der Waals surface area contributed by atoms with Gasteiger partial charge in [-0.3, -0.25) is 4.79 Å². The third kappa shape index (κ3) is 3.20. The monoisotopic (exact) mass is 287 g/mol. The second kappa shape index (κ2) is 6.10. The third-order valence-electron chi connectivity index (χ3n) is 3.40. The summed E-state index contributed by atoms with van der Waals surface area (Å²) in [4.78, 5) is 12.5. The van der Waals surface area contributed by atoms with Crippen LogP contribution in [0.2, 0.25) is 0 Å². The van der Waals surface area contributed by atoms with E-state index in [4.69, 9.17) is 11.6 Å². The minimum Gasteiger partial charge on any atom is -0.325 e. The Kier molecular flexibility index (Phi) is 4.46. The summed E-state index contributed by atoms with van der Waals surface area (Å²) in [7, 11) is 0. The molecule has 2 nitrogen and oxygen atoms in total. The molecule has 0 aliphatic rings. The number of anilines is 1. The third-order valence-corrected chi connectivity index (χ3v) is 3.71. The standard InChI is InChI=1S/C17H18ClNO/c1-17(2,14-8-4-3-5-9-14)16(20)19-15-10-6-7-13(11-15)12-18/h3-11H,12H2,1-2H3,(H,19,20). The molecule has 0 saturated heterocycles. The van der Waals surface area contributed by atoms with Crippen molar-refractivity contribution in [3.63, 3.8) is 0 Å². The molecule has 0 aliphatic carbocycles. The molecule has 20 heavy (non-hydrogen) atoms. The first-order valence-electron chi connectivity index (χ1n) is 6.56. The van der Waals surface area contributed by atoms with E-state index in [2.05, 4.69) is 5.32 Å². The van der Waals surface area contributed by atoms with Crippen molar-refractivity contribution < 1.29 is 4.79 Å². The van der Waals surface area contributed by atoms with Gasteiger partial charge in [0, 0.05) is 11.6 Å². The first kappa shape index (κ1) is 14.6. The second-order valence-electron chi connectivity index (χ2n) is 5.28. The molecule has 0 atom stereocenters. The first-order chi connectivity index (χ1) is 9.54. The fraction of sp³-hybridized carbons (Fsp3) is 0.235. The van der Waals surface area contributed by atoms with Crippen molar-refractivity contribution in [2.24, 2.45) is 0 Å². The number of carbonyl (C=O) groups excluding carboxylic acids is 1. The number of hydrogen-bond donors (Lipinski definition) is 1. The molecule has 3 heteroatoms. The van der Waals surface area contributed by atoms with E-state index < -0.39 is 5.41 Å². The number of rotatable bonds is 4. The topological polar surface area (TPSA) is 29.1 Å². The molecule has 1 N–H and O–H groups in total. The lowest BCUT2D eigenvalue weighted by atomic mass is 9.83. The molecule has 2 aromatic carbocycles. The summed E-state index contributed by atoms with van der Waals surface area (Å²) in [6.07, 6.45) is 0. The van der Waals surface area contributed by atoms with E-state index in [-0.39, 0.29) is 5.91 Å². The zero-order valence-corrected chi connectivity index (χ0v) is 12.4. The van der Waals surface area contributed by atoms with Crippen molar-refractivity contribution in [2.75, 3.05) is 5.32 Å².